The maximum Gasteiger partial charge on any atom is 0.320 e. The number of aromatic nitrogens is 2. The first-order valence-corrected chi connectivity index (χ1v) is 10.1. The van der Waals surface area contributed by atoms with Gasteiger partial charge in [0.15, 0.2) is 0 Å². The number of aryl methyl sites for hydroxylation is 1. The molecular weight excluding hydrogens is 429 g/mol. The van der Waals surface area contributed by atoms with Crippen molar-refractivity contribution in [2.75, 3.05) is 11.9 Å². The van der Waals surface area contributed by atoms with E-state index < -0.39 is 5.91 Å². The van der Waals surface area contributed by atoms with Crippen LogP contribution < -0.4 is 16.5 Å². The van der Waals surface area contributed by atoms with Gasteiger partial charge >= 0.3 is 6.47 Å². The topological polar surface area (TPSA) is 111 Å². The Morgan fingerprint density at radius 1 is 1.17 bits per heavy atom. The quantitative estimate of drug-likeness (QED) is 0.244. The van der Waals surface area contributed by atoms with Gasteiger partial charge in [0.2, 0.25) is 5.95 Å². The minimum atomic E-state index is -0.542. The number of amides is 1. The number of halogens is 2. The molecule has 0 unspecified atom stereocenters. The summed E-state index contributed by atoms with van der Waals surface area (Å²) in [5.74, 6) is 0.0531. The first-order chi connectivity index (χ1) is 14.5. The summed E-state index contributed by atoms with van der Waals surface area (Å²) in [5.41, 5.74) is 10.1. The molecule has 1 amide bonds. The number of hydrogen-bond donors (Lipinski definition) is 3. The van der Waals surface area contributed by atoms with Gasteiger partial charge in [-0.3, -0.25) is 9.59 Å². The second-order valence-corrected chi connectivity index (χ2v) is 7.36. The van der Waals surface area contributed by atoms with E-state index in [1.807, 2.05) is 10.0 Å². The number of anilines is 2. The van der Waals surface area contributed by atoms with Crippen molar-refractivity contribution in [1.29, 1.82) is 0 Å². The van der Waals surface area contributed by atoms with Crippen LogP contribution in [0.25, 0.3) is 11.0 Å². The van der Waals surface area contributed by atoms with E-state index in [1.165, 1.54) is 0 Å². The zero-order valence-electron chi connectivity index (χ0n) is 16.0. The third-order valence-corrected chi connectivity index (χ3v) is 5.18. The molecule has 0 spiro atoms. The molecule has 0 bridgehead atoms. The van der Waals surface area contributed by atoms with Crippen LogP contribution in [0.15, 0.2) is 36.4 Å². The molecule has 0 aliphatic heterocycles. The van der Waals surface area contributed by atoms with E-state index in [2.05, 4.69) is 15.1 Å². The van der Waals surface area contributed by atoms with Gasteiger partial charge in [0.05, 0.1) is 21.1 Å². The molecule has 0 aliphatic carbocycles. The summed E-state index contributed by atoms with van der Waals surface area (Å²) in [6.07, 6.45) is 2.86. The predicted molar refractivity (Wildman–Crippen MR) is 117 cm³/mol. The smallest absolute Gasteiger partial charge is 0.320 e. The van der Waals surface area contributed by atoms with Crippen molar-refractivity contribution in [3.05, 3.63) is 52.0 Å². The van der Waals surface area contributed by atoms with E-state index >= 15 is 0 Å². The number of benzene rings is 2. The maximum absolute atomic E-state index is 12.0. The first-order valence-electron chi connectivity index (χ1n) is 9.35. The summed E-state index contributed by atoms with van der Waals surface area (Å²) in [7, 11) is 0. The lowest BCUT2D eigenvalue weighted by molar-refractivity contribution is -0.133. The third kappa shape index (κ3) is 5.21. The molecular formula is C20H21Cl2N5O3. The van der Waals surface area contributed by atoms with E-state index in [0.29, 0.717) is 45.9 Å². The number of carbonyl (C=O) groups excluding carboxylic acids is 2. The van der Waals surface area contributed by atoms with Crippen molar-refractivity contribution in [2.24, 2.45) is 5.73 Å². The maximum atomic E-state index is 12.0. The molecule has 8 nitrogen and oxygen atoms in total. The van der Waals surface area contributed by atoms with Crippen LogP contribution in [0.1, 0.15) is 29.6 Å². The van der Waals surface area contributed by atoms with Crippen LogP contribution in [-0.2, 0) is 16.2 Å². The zero-order valence-corrected chi connectivity index (χ0v) is 17.5. The molecule has 0 saturated carbocycles. The molecule has 0 radical (unpaired) electrons. The van der Waals surface area contributed by atoms with Gasteiger partial charge in [-0.25, -0.2) is 4.98 Å². The van der Waals surface area contributed by atoms with Crippen LogP contribution in [-0.4, -0.2) is 28.5 Å². The first kappa shape index (κ1) is 21.9. The normalized spacial score (nSPS) is 10.8. The molecule has 10 heteroatoms. The van der Waals surface area contributed by atoms with Crippen molar-refractivity contribution in [3.63, 3.8) is 0 Å². The number of imidazole rings is 1. The number of rotatable bonds is 10. The van der Waals surface area contributed by atoms with Crippen LogP contribution >= 0.6 is 23.2 Å². The lowest BCUT2D eigenvalue weighted by atomic mass is 10.2. The van der Waals surface area contributed by atoms with Crippen molar-refractivity contribution in [2.45, 2.75) is 25.8 Å². The molecule has 0 aliphatic rings. The van der Waals surface area contributed by atoms with Crippen molar-refractivity contribution in [1.82, 2.24) is 15.0 Å². The zero-order chi connectivity index (χ0) is 21.5. The Bertz CT molecular complexity index is 1050. The lowest BCUT2D eigenvalue weighted by Gasteiger charge is -2.12. The van der Waals surface area contributed by atoms with E-state index in [1.54, 1.807) is 36.4 Å². The Morgan fingerprint density at radius 2 is 1.97 bits per heavy atom. The number of carbonyl (C=O) groups is 2. The lowest BCUT2D eigenvalue weighted by Crippen LogP contribution is -2.23. The SMILES string of the molecule is NCCCCCn1c(Nc2cccc(C(=O)NOC=O)c2)nc2cc(Cl)c(Cl)cc21. The highest BCUT2D eigenvalue weighted by molar-refractivity contribution is 6.42. The summed E-state index contributed by atoms with van der Waals surface area (Å²) < 4.78 is 2.02. The largest absolute Gasteiger partial charge is 0.344 e. The number of fused-ring (bicyclic) bond motifs is 1. The monoisotopic (exact) mass is 449 g/mol. The summed E-state index contributed by atoms with van der Waals surface area (Å²) in [6.45, 7) is 1.51. The standard InChI is InChI=1S/C20H21Cl2N5O3/c21-15-10-17-18(11-16(15)22)27(8-3-1-2-7-23)20(25-17)24-14-6-4-5-13(9-14)19(29)26-30-12-28/h4-6,9-12H,1-3,7-8,23H2,(H,24,25)(H,26,29). The Hall–Kier alpha value is -2.81. The average Bonchev–Trinajstić information content (AvgIpc) is 3.05. The van der Waals surface area contributed by atoms with Crippen LogP contribution in [0, 0.1) is 0 Å². The number of nitrogens with zero attached hydrogens (tertiary/aromatic N) is 2. The average molecular weight is 450 g/mol. The van der Waals surface area contributed by atoms with Crippen LogP contribution in [0.3, 0.4) is 0 Å². The van der Waals surface area contributed by atoms with Crippen molar-refractivity contribution < 1.29 is 14.4 Å². The predicted octanol–water partition coefficient (Wildman–Crippen LogP) is 4.03. The Morgan fingerprint density at radius 3 is 2.73 bits per heavy atom. The molecule has 2 aromatic carbocycles. The molecule has 1 heterocycles. The molecule has 158 valence electrons. The summed E-state index contributed by atoms with van der Waals surface area (Å²) in [4.78, 5) is 31.2. The number of hydrogen-bond acceptors (Lipinski definition) is 6. The Balaban J connectivity index is 1.91. The summed E-state index contributed by atoms with van der Waals surface area (Å²) in [6, 6.07) is 10.3. The number of nitrogens with two attached hydrogens (primary N) is 1. The van der Waals surface area contributed by atoms with Crippen LogP contribution in [0.5, 0.6) is 0 Å². The minimum Gasteiger partial charge on any atom is -0.344 e. The third-order valence-electron chi connectivity index (χ3n) is 4.46. The fourth-order valence-electron chi connectivity index (χ4n) is 3.04. The fourth-order valence-corrected chi connectivity index (χ4v) is 3.35. The van der Waals surface area contributed by atoms with Gasteiger partial charge < -0.3 is 20.5 Å². The van der Waals surface area contributed by atoms with E-state index in [9.17, 15) is 9.59 Å². The molecule has 3 aromatic rings. The molecule has 0 saturated heterocycles. The van der Waals surface area contributed by atoms with Gasteiger partial charge in [0.25, 0.3) is 5.91 Å². The summed E-state index contributed by atoms with van der Waals surface area (Å²) >= 11 is 12.4. The van der Waals surface area contributed by atoms with Gasteiger partial charge in [-0.05, 0) is 49.7 Å². The summed E-state index contributed by atoms with van der Waals surface area (Å²) in [5, 5.41) is 4.12. The molecule has 1 aromatic heterocycles. The Kier molecular flexibility index (Phi) is 7.51. The molecule has 0 atom stereocenters. The highest BCUT2D eigenvalue weighted by Crippen LogP contribution is 2.31. The van der Waals surface area contributed by atoms with Crippen LogP contribution in [0.2, 0.25) is 10.0 Å². The second kappa shape index (κ2) is 10.3. The van der Waals surface area contributed by atoms with Gasteiger partial charge in [0.1, 0.15) is 0 Å². The van der Waals surface area contributed by atoms with E-state index in [0.717, 1.165) is 24.8 Å². The Labute approximate surface area is 183 Å². The van der Waals surface area contributed by atoms with Gasteiger partial charge in [-0.15, -0.1) is 0 Å². The molecule has 3 rings (SSSR count). The van der Waals surface area contributed by atoms with Gasteiger partial charge in [-0.1, -0.05) is 35.7 Å². The highest BCUT2D eigenvalue weighted by Gasteiger charge is 2.14. The minimum absolute atomic E-state index is 0.142. The highest BCUT2D eigenvalue weighted by atomic mass is 35.5. The van der Waals surface area contributed by atoms with E-state index in [-0.39, 0.29) is 6.47 Å². The van der Waals surface area contributed by atoms with Crippen LogP contribution in [0.4, 0.5) is 11.6 Å². The second-order valence-electron chi connectivity index (χ2n) is 6.54. The van der Waals surface area contributed by atoms with Crippen molar-refractivity contribution >= 4 is 58.3 Å². The van der Waals surface area contributed by atoms with Crippen molar-refractivity contribution in [3.8, 4) is 0 Å². The number of hydroxylamine groups is 1. The molecule has 4 N–H and O–H groups in total. The molecule has 30 heavy (non-hydrogen) atoms. The van der Waals surface area contributed by atoms with E-state index in [4.69, 9.17) is 28.9 Å². The fraction of sp³-hybridized carbons (Fsp3) is 0.250. The van der Waals surface area contributed by atoms with Gasteiger partial charge in [-0.2, -0.15) is 5.48 Å². The number of unbranched alkanes of at least 4 members (excludes halogenated alkanes) is 2. The van der Waals surface area contributed by atoms with Gasteiger partial charge in [0, 0.05) is 17.8 Å². The number of nitrogens with one attached hydrogen (secondary N) is 2. The molecule has 0 fully saturated rings.